The Balaban J connectivity index is 1.90. The summed E-state index contributed by atoms with van der Waals surface area (Å²) in [5, 5.41) is 2.49. The molecule has 1 amide bonds. The molecule has 2 fully saturated rings. The quantitative estimate of drug-likeness (QED) is 0.827. The van der Waals surface area contributed by atoms with E-state index in [-0.39, 0.29) is 17.7 Å². The molecule has 0 bridgehead atoms. The van der Waals surface area contributed by atoms with Crippen LogP contribution in [-0.2, 0) is 9.47 Å². The van der Waals surface area contributed by atoms with Crippen LogP contribution in [0, 0.1) is 0 Å². The Bertz CT molecular complexity index is 322. The minimum absolute atomic E-state index is 0.195. The molecule has 0 saturated carbocycles. The van der Waals surface area contributed by atoms with Crippen molar-refractivity contribution >= 4 is 6.09 Å². The average Bonchev–Trinajstić information content (AvgIpc) is 2.93. The summed E-state index contributed by atoms with van der Waals surface area (Å²) < 4.78 is 11.1. The van der Waals surface area contributed by atoms with E-state index in [9.17, 15) is 4.79 Å². The van der Waals surface area contributed by atoms with Crippen molar-refractivity contribution in [3.63, 3.8) is 0 Å². The molecule has 0 radical (unpaired) electrons. The van der Waals surface area contributed by atoms with Gasteiger partial charge >= 0.3 is 6.09 Å². The van der Waals surface area contributed by atoms with E-state index in [1.165, 1.54) is 12.8 Å². The van der Waals surface area contributed by atoms with Crippen molar-refractivity contribution in [2.75, 3.05) is 26.8 Å². The SMILES string of the molecule is CNC(=O)OC[C@H]1CCC2(COC(C)C)CCCN12. The fourth-order valence-electron chi connectivity index (χ4n) is 3.36. The molecule has 2 atom stereocenters. The molecule has 2 aliphatic heterocycles. The zero-order valence-corrected chi connectivity index (χ0v) is 12.3. The van der Waals surface area contributed by atoms with Gasteiger partial charge in [0.15, 0.2) is 0 Å². The number of rotatable bonds is 5. The normalized spacial score (nSPS) is 30.6. The molecule has 2 heterocycles. The van der Waals surface area contributed by atoms with Crippen molar-refractivity contribution in [1.82, 2.24) is 10.2 Å². The van der Waals surface area contributed by atoms with E-state index in [2.05, 4.69) is 24.1 Å². The third kappa shape index (κ3) is 3.20. The molecule has 110 valence electrons. The Labute approximate surface area is 115 Å². The van der Waals surface area contributed by atoms with Crippen LogP contribution in [0.3, 0.4) is 0 Å². The first-order chi connectivity index (χ1) is 9.07. The van der Waals surface area contributed by atoms with E-state index >= 15 is 0 Å². The molecule has 0 aromatic heterocycles. The second kappa shape index (κ2) is 6.09. The lowest BCUT2D eigenvalue weighted by Gasteiger charge is -2.35. The molecule has 0 spiro atoms. The van der Waals surface area contributed by atoms with Gasteiger partial charge in [0.25, 0.3) is 0 Å². The number of fused-ring (bicyclic) bond motifs is 1. The maximum atomic E-state index is 11.2. The van der Waals surface area contributed by atoms with E-state index in [0.29, 0.717) is 12.6 Å². The zero-order chi connectivity index (χ0) is 13.9. The molecule has 2 saturated heterocycles. The van der Waals surface area contributed by atoms with Gasteiger partial charge in [-0.25, -0.2) is 4.79 Å². The Hall–Kier alpha value is -0.810. The molecule has 5 heteroatoms. The summed E-state index contributed by atoms with van der Waals surface area (Å²) >= 11 is 0. The van der Waals surface area contributed by atoms with E-state index in [4.69, 9.17) is 9.47 Å². The summed E-state index contributed by atoms with van der Waals surface area (Å²) in [6.07, 6.45) is 4.61. The van der Waals surface area contributed by atoms with Crippen molar-refractivity contribution in [2.24, 2.45) is 0 Å². The second-order valence-corrected chi connectivity index (χ2v) is 5.92. The third-order valence-corrected chi connectivity index (χ3v) is 4.33. The molecule has 0 aliphatic carbocycles. The largest absolute Gasteiger partial charge is 0.448 e. The Morgan fingerprint density at radius 2 is 2.26 bits per heavy atom. The molecule has 0 aromatic carbocycles. The van der Waals surface area contributed by atoms with E-state index in [1.807, 2.05) is 0 Å². The van der Waals surface area contributed by atoms with Gasteiger partial charge in [0, 0.05) is 18.6 Å². The van der Waals surface area contributed by atoms with E-state index in [1.54, 1.807) is 7.05 Å². The van der Waals surface area contributed by atoms with Gasteiger partial charge in [-0.15, -0.1) is 0 Å². The van der Waals surface area contributed by atoms with Gasteiger partial charge in [0.1, 0.15) is 6.61 Å². The minimum atomic E-state index is -0.338. The highest BCUT2D eigenvalue weighted by atomic mass is 16.5. The number of carbonyl (C=O) groups excluding carboxylic acids is 1. The van der Waals surface area contributed by atoms with Gasteiger partial charge in [0.2, 0.25) is 0 Å². The predicted octanol–water partition coefficient (Wildman–Crippen LogP) is 1.76. The fourth-order valence-corrected chi connectivity index (χ4v) is 3.36. The van der Waals surface area contributed by atoms with Crippen molar-refractivity contribution in [1.29, 1.82) is 0 Å². The predicted molar refractivity (Wildman–Crippen MR) is 73.2 cm³/mol. The van der Waals surface area contributed by atoms with Gasteiger partial charge < -0.3 is 14.8 Å². The maximum absolute atomic E-state index is 11.2. The highest BCUT2D eigenvalue weighted by Gasteiger charge is 2.49. The van der Waals surface area contributed by atoms with Crippen LogP contribution in [-0.4, -0.2) is 55.5 Å². The van der Waals surface area contributed by atoms with Crippen LogP contribution in [0.5, 0.6) is 0 Å². The van der Waals surface area contributed by atoms with Crippen LogP contribution in [0.25, 0.3) is 0 Å². The summed E-state index contributed by atoms with van der Waals surface area (Å²) in [6, 6.07) is 0.357. The average molecular weight is 270 g/mol. The highest BCUT2D eigenvalue weighted by molar-refractivity contribution is 5.66. The van der Waals surface area contributed by atoms with Crippen LogP contribution in [0.2, 0.25) is 0 Å². The first-order valence-electron chi connectivity index (χ1n) is 7.30. The number of carbonyl (C=O) groups is 1. The first-order valence-corrected chi connectivity index (χ1v) is 7.30. The number of hydrogen-bond donors (Lipinski definition) is 1. The van der Waals surface area contributed by atoms with Gasteiger partial charge in [-0.3, -0.25) is 4.90 Å². The smallest absolute Gasteiger partial charge is 0.406 e. The number of nitrogens with one attached hydrogen (secondary N) is 1. The standard InChI is InChI=1S/C14H26N2O3/c1-11(2)19-10-14-6-4-8-16(14)12(5-7-14)9-18-13(17)15-3/h11-12H,4-10H2,1-3H3,(H,15,17)/t12-,14?/m1/s1. The second-order valence-electron chi connectivity index (χ2n) is 5.92. The molecule has 2 aliphatic rings. The summed E-state index contributed by atoms with van der Waals surface area (Å²) in [5.74, 6) is 0. The molecule has 1 unspecified atom stereocenters. The van der Waals surface area contributed by atoms with Crippen molar-refractivity contribution in [2.45, 2.75) is 57.2 Å². The Morgan fingerprint density at radius 3 is 2.95 bits per heavy atom. The molecule has 5 nitrogen and oxygen atoms in total. The van der Waals surface area contributed by atoms with Gasteiger partial charge in [-0.2, -0.15) is 0 Å². The lowest BCUT2D eigenvalue weighted by molar-refractivity contribution is -0.0111. The number of ether oxygens (including phenoxy) is 2. The lowest BCUT2D eigenvalue weighted by Crippen LogP contribution is -2.47. The molecular formula is C14H26N2O3. The van der Waals surface area contributed by atoms with Gasteiger partial charge in [0.05, 0.1) is 12.7 Å². The van der Waals surface area contributed by atoms with Crippen molar-refractivity contribution < 1.29 is 14.3 Å². The summed E-state index contributed by atoms with van der Waals surface area (Å²) in [7, 11) is 1.59. The highest BCUT2D eigenvalue weighted by Crippen LogP contribution is 2.42. The number of amides is 1. The summed E-state index contributed by atoms with van der Waals surface area (Å²) in [5.41, 5.74) is 0.195. The topological polar surface area (TPSA) is 50.8 Å². The van der Waals surface area contributed by atoms with Gasteiger partial charge in [-0.05, 0) is 46.1 Å². The first kappa shape index (κ1) is 14.6. The van der Waals surface area contributed by atoms with Crippen molar-refractivity contribution in [3.05, 3.63) is 0 Å². The number of hydrogen-bond acceptors (Lipinski definition) is 4. The van der Waals surface area contributed by atoms with Crippen LogP contribution in [0.15, 0.2) is 0 Å². The molecule has 2 rings (SSSR count). The minimum Gasteiger partial charge on any atom is -0.448 e. The van der Waals surface area contributed by atoms with E-state index in [0.717, 1.165) is 26.0 Å². The van der Waals surface area contributed by atoms with Gasteiger partial charge in [-0.1, -0.05) is 0 Å². The monoisotopic (exact) mass is 270 g/mol. The molecule has 1 N–H and O–H groups in total. The molecule has 0 aromatic rings. The lowest BCUT2D eigenvalue weighted by atomic mass is 9.95. The number of nitrogens with zero attached hydrogens (tertiary/aromatic N) is 1. The molecular weight excluding hydrogens is 244 g/mol. The number of alkyl carbamates (subject to hydrolysis) is 1. The van der Waals surface area contributed by atoms with Crippen LogP contribution < -0.4 is 5.32 Å². The van der Waals surface area contributed by atoms with E-state index < -0.39 is 0 Å². The third-order valence-electron chi connectivity index (χ3n) is 4.33. The Morgan fingerprint density at radius 1 is 1.47 bits per heavy atom. The van der Waals surface area contributed by atoms with Crippen LogP contribution in [0.4, 0.5) is 4.79 Å². The zero-order valence-electron chi connectivity index (χ0n) is 12.3. The summed E-state index contributed by atoms with van der Waals surface area (Å²) in [6.45, 7) is 6.56. The van der Waals surface area contributed by atoms with Crippen LogP contribution >= 0.6 is 0 Å². The fraction of sp³-hybridized carbons (Fsp3) is 0.929. The maximum Gasteiger partial charge on any atom is 0.406 e. The summed E-state index contributed by atoms with van der Waals surface area (Å²) in [4.78, 5) is 13.7. The van der Waals surface area contributed by atoms with Crippen LogP contribution in [0.1, 0.15) is 39.5 Å². The Kier molecular flexibility index (Phi) is 4.68. The van der Waals surface area contributed by atoms with Crippen molar-refractivity contribution in [3.8, 4) is 0 Å². The molecule has 19 heavy (non-hydrogen) atoms.